The maximum absolute atomic E-state index is 14.0. The number of furan rings is 1. The van der Waals surface area contributed by atoms with E-state index in [0.29, 0.717) is 23.4 Å². The largest absolute Gasteiger partial charge is 0.508 e. The number of ketones is 2. The lowest BCUT2D eigenvalue weighted by molar-refractivity contribution is -0.153. The van der Waals surface area contributed by atoms with E-state index >= 15 is 0 Å². The van der Waals surface area contributed by atoms with E-state index in [9.17, 15) is 39.6 Å². The number of likely N-dealkylation sites (N-methyl/N-ethyl adjacent to an activating group) is 1. The predicted octanol–water partition coefficient (Wildman–Crippen LogP) is 0.906. The number of Topliss-reactive ketones (excluding diaryl/α,β-unsaturated/α-hetero) is 2. The van der Waals surface area contributed by atoms with Crippen molar-refractivity contribution < 1.29 is 44.0 Å². The van der Waals surface area contributed by atoms with Crippen LogP contribution in [0.25, 0.3) is 17.1 Å². The third-order valence-corrected chi connectivity index (χ3v) is 8.77. The summed E-state index contributed by atoms with van der Waals surface area (Å²) >= 11 is 0. The van der Waals surface area contributed by atoms with Crippen molar-refractivity contribution in [2.75, 3.05) is 41.3 Å². The van der Waals surface area contributed by atoms with Gasteiger partial charge < -0.3 is 40.8 Å². The number of nitrogens with one attached hydrogen (secondary N) is 1. The topological polar surface area (TPSA) is 207 Å². The number of aliphatic hydroxyl groups is 3. The normalized spacial score (nSPS) is 24.8. The Morgan fingerprint density at radius 2 is 1.80 bits per heavy atom. The summed E-state index contributed by atoms with van der Waals surface area (Å²) in [6, 6.07) is 4.82. The summed E-state index contributed by atoms with van der Waals surface area (Å²) in [5, 5.41) is 47.8. The van der Waals surface area contributed by atoms with Gasteiger partial charge in [0.25, 0.3) is 11.8 Å². The van der Waals surface area contributed by atoms with Gasteiger partial charge in [-0.25, -0.2) is 0 Å². The van der Waals surface area contributed by atoms with E-state index in [1.807, 2.05) is 19.0 Å². The van der Waals surface area contributed by atoms with Gasteiger partial charge in [-0.1, -0.05) is 0 Å². The molecular weight excluding hydrogens is 572 g/mol. The maximum atomic E-state index is 14.0. The molecule has 1 saturated carbocycles. The van der Waals surface area contributed by atoms with E-state index in [1.54, 1.807) is 12.1 Å². The van der Waals surface area contributed by atoms with Gasteiger partial charge in [-0.15, -0.1) is 0 Å². The molecule has 1 heterocycles. The van der Waals surface area contributed by atoms with Crippen molar-refractivity contribution in [2.45, 2.75) is 30.9 Å². The smallest absolute Gasteiger partial charge is 0.287 e. The highest BCUT2D eigenvalue weighted by atomic mass is 16.4. The van der Waals surface area contributed by atoms with Gasteiger partial charge in [-0.05, 0) is 89.7 Å². The number of benzene rings is 1. The molecule has 3 aliphatic rings. The molecule has 0 radical (unpaired) electrons. The number of hydrogen-bond donors (Lipinski definition) is 6. The van der Waals surface area contributed by atoms with Gasteiger partial charge in [-0.3, -0.25) is 24.1 Å². The number of primary amides is 1. The molecule has 0 spiro atoms. The molecule has 7 N–H and O–H groups in total. The first-order valence-corrected chi connectivity index (χ1v) is 14.2. The van der Waals surface area contributed by atoms with E-state index in [1.165, 1.54) is 31.1 Å². The van der Waals surface area contributed by atoms with Crippen molar-refractivity contribution in [3.63, 3.8) is 0 Å². The van der Waals surface area contributed by atoms with Gasteiger partial charge in [0.2, 0.25) is 5.78 Å². The molecule has 44 heavy (non-hydrogen) atoms. The second-order valence-corrected chi connectivity index (χ2v) is 12.0. The van der Waals surface area contributed by atoms with E-state index in [-0.39, 0.29) is 35.5 Å². The Labute approximate surface area is 253 Å². The number of nitrogens with two attached hydrogens (primary N) is 1. The molecule has 0 saturated heterocycles. The number of rotatable bonds is 8. The average Bonchev–Trinajstić information content (AvgIpc) is 3.43. The third-order valence-electron chi connectivity index (χ3n) is 8.77. The van der Waals surface area contributed by atoms with E-state index in [4.69, 9.17) is 10.2 Å². The zero-order valence-corrected chi connectivity index (χ0v) is 24.9. The maximum Gasteiger partial charge on any atom is 0.287 e. The molecule has 1 fully saturated rings. The first-order valence-electron chi connectivity index (χ1n) is 14.2. The first-order chi connectivity index (χ1) is 20.7. The summed E-state index contributed by atoms with van der Waals surface area (Å²) in [6.07, 6.45) is 0.796. The molecule has 13 heteroatoms. The van der Waals surface area contributed by atoms with Gasteiger partial charge >= 0.3 is 0 Å². The second kappa shape index (κ2) is 11.2. The molecule has 2 amide bonds. The number of aliphatic hydroxyl groups excluding tert-OH is 2. The number of carbonyl (C=O) groups is 4. The minimum Gasteiger partial charge on any atom is -0.508 e. The average molecular weight is 609 g/mol. The van der Waals surface area contributed by atoms with Crippen LogP contribution in [0.2, 0.25) is 0 Å². The first kappa shape index (κ1) is 31.0. The molecule has 0 bridgehead atoms. The zero-order chi connectivity index (χ0) is 32.2. The summed E-state index contributed by atoms with van der Waals surface area (Å²) in [7, 11) is 6.95. The highest BCUT2D eigenvalue weighted by Gasteiger charge is 2.64. The van der Waals surface area contributed by atoms with Crippen molar-refractivity contribution in [1.82, 2.24) is 15.1 Å². The van der Waals surface area contributed by atoms with Crippen molar-refractivity contribution in [3.8, 4) is 17.1 Å². The minimum atomic E-state index is -2.71. The van der Waals surface area contributed by atoms with Gasteiger partial charge in [0, 0.05) is 23.6 Å². The number of nitrogens with zero attached hydrogens (tertiary/aromatic N) is 2. The molecule has 3 aliphatic carbocycles. The van der Waals surface area contributed by atoms with Crippen LogP contribution in [0.4, 0.5) is 0 Å². The number of aromatic hydroxyl groups is 1. The molecule has 0 aliphatic heterocycles. The van der Waals surface area contributed by atoms with Crippen LogP contribution < -0.4 is 11.1 Å². The lowest BCUT2D eigenvalue weighted by Crippen LogP contribution is -2.65. The van der Waals surface area contributed by atoms with Crippen molar-refractivity contribution in [2.24, 2.45) is 17.6 Å². The Morgan fingerprint density at radius 3 is 2.43 bits per heavy atom. The van der Waals surface area contributed by atoms with Crippen LogP contribution in [-0.2, 0) is 20.8 Å². The standard InChI is InChI=1S/C31H36N4O9/c1-34(2)11-5-10-33-30(42)20-9-8-19(44-20)15-6-7-18(36)22-16(15)12-14-13-17-24(35(3)4)26(38)23(29(32)41)28(40)31(17,43)27(39)21(14)25(22)37/h6-9,14,17,24,36-37,40,43H,5,10-13H2,1-4H3,(H2,32,41)(H,33,42)/t14-,17-,24-,31-/m0/s1. The van der Waals surface area contributed by atoms with E-state index in [2.05, 4.69) is 5.32 Å². The minimum absolute atomic E-state index is 0.0420. The van der Waals surface area contributed by atoms with Crippen molar-refractivity contribution in [1.29, 1.82) is 0 Å². The summed E-state index contributed by atoms with van der Waals surface area (Å²) in [4.78, 5) is 55.5. The highest BCUT2D eigenvalue weighted by molar-refractivity contribution is 6.24. The van der Waals surface area contributed by atoms with Crippen molar-refractivity contribution in [3.05, 3.63) is 58.1 Å². The van der Waals surface area contributed by atoms with Crippen LogP contribution in [0.1, 0.15) is 34.5 Å². The fraction of sp³-hybridized carbons (Fsp3) is 0.419. The Bertz CT molecular complexity index is 1640. The number of carbonyl (C=O) groups excluding carboxylic acids is 4. The van der Waals surface area contributed by atoms with Crippen LogP contribution in [0.5, 0.6) is 5.75 Å². The molecular formula is C31H36N4O9. The van der Waals surface area contributed by atoms with Crippen LogP contribution in [0.15, 0.2) is 45.6 Å². The molecule has 4 atom stereocenters. The van der Waals surface area contributed by atoms with Crippen molar-refractivity contribution >= 4 is 29.1 Å². The SMILES string of the molecule is CN(C)CCCNC(=O)c1ccc(-c2ccc(O)c3c2C[C@H]2C[C@H]4[C@H](N(C)C)C(=O)C(C(N)=O)=C(O)[C@@]4(O)C(=O)C2=C3O)o1. The quantitative estimate of drug-likeness (QED) is 0.183. The Morgan fingerprint density at radius 1 is 1.09 bits per heavy atom. The molecule has 13 nitrogen and oxygen atoms in total. The fourth-order valence-electron chi connectivity index (χ4n) is 6.76. The second-order valence-electron chi connectivity index (χ2n) is 12.0. The molecule has 234 valence electrons. The van der Waals surface area contributed by atoms with Gasteiger partial charge in [0.05, 0.1) is 11.6 Å². The number of phenolic OH excluding ortho intramolecular Hbond substituents is 1. The van der Waals surface area contributed by atoms with Crippen LogP contribution >= 0.6 is 0 Å². The lowest BCUT2D eigenvalue weighted by Gasteiger charge is -2.50. The van der Waals surface area contributed by atoms with Gasteiger partial charge in [0.15, 0.2) is 17.1 Å². The molecule has 1 aromatic carbocycles. The Hall–Kier alpha value is -4.46. The third kappa shape index (κ3) is 4.77. The fourth-order valence-corrected chi connectivity index (χ4v) is 6.76. The molecule has 5 rings (SSSR count). The van der Waals surface area contributed by atoms with Crippen LogP contribution in [0, 0.1) is 11.8 Å². The van der Waals surface area contributed by atoms with E-state index in [0.717, 1.165) is 13.0 Å². The lowest BCUT2D eigenvalue weighted by atomic mass is 9.57. The Balaban J connectivity index is 1.56. The Kier molecular flexibility index (Phi) is 7.91. The molecule has 2 aromatic rings. The van der Waals surface area contributed by atoms with Gasteiger partial charge in [0.1, 0.15) is 28.6 Å². The summed E-state index contributed by atoms with van der Waals surface area (Å²) in [5.41, 5.74) is 2.36. The predicted molar refractivity (Wildman–Crippen MR) is 157 cm³/mol. The number of phenols is 1. The summed E-state index contributed by atoms with van der Waals surface area (Å²) in [5.74, 6) is -7.27. The highest BCUT2D eigenvalue weighted by Crippen LogP contribution is 2.53. The summed E-state index contributed by atoms with van der Waals surface area (Å²) < 4.78 is 5.88. The monoisotopic (exact) mass is 608 g/mol. The van der Waals surface area contributed by atoms with Crippen LogP contribution in [-0.4, -0.2) is 107 Å². The number of hydrogen-bond acceptors (Lipinski definition) is 11. The number of fused-ring (bicyclic) bond motifs is 3. The van der Waals surface area contributed by atoms with Gasteiger partial charge in [-0.2, -0.15) is 0 Å². The van der Waals surface area contributed by atoms with Crippen LogP contribution in [0.3, 0.4) is 0 Å². The molecule has 1 aromatic heterocycles. The molecule has 0 unspecified atom stereocenters. The zero-order valence-electron chi connectivity index (χ0n) is 24.9. The number of amides is 2. The van der Waals surface area contributed by atoms with E-state index < -0.39 is 64.0 Å². The summed E-state index contributed by atoms with van der Waals surface area (Å²) in [6.45, 7) is 1.25.